The summed E-state index contributed by atoms with van der Waals surface area (Å²) in [6.45, 7) is 0. The van der Waals surface area contributed by atoms with Gasteiger partial charge in [-0.25, -0.2) is 0 Å². The van der Waals surface area contributed by atoms with E-state index >= 15 is 0 Å². The monoisotopic (exact) mass is 402 g/mol. The van der Waals surface area contributed by atoms with Gasteiger partial charge >= 0.3 is 0 Å². The van der Waals surface area contributed by atoms with Crippen LogP contribution in [0.15, 0.2) is 72.8 Å². The molecule has 3 aromatic carbocycles. The summed E-state index contributed by atoms with van der Waals surface area (Å²) in [5.41, 5.74) is 3.46. The van der Waals surface area contributed by atoms with Gasteiger partial charge in [0.25, 0.3) is 0 Å². The van der Waals surface area contributed by atoms with E-state index in [0.29, 0.717) is 0 Å². The third kappa shape index (κ3) is 4.02. The van der Waals surface area contributed by atoms with E-state index < -0.39 is 8.07 Å². The van der Waals surface area contributed by atoms with Crippen LogP contribution in [0.4, 0.5) is 0 Å². The topological polar surface area (TPSA) is 9.23 Å². The maximum atomic E-state index is 6.09. The molecule has 1 heterocycles. The zero-order chi connectivity index (χ0) is 19.4. The Kier molecular flexibility index (Phi) is 5.57. The molecular weight excluding hydrogens is 380 g/mol. The summed E-state index contributed by atoms with van der Waals surface area (Å²) in [6.07, 6.45) is 1.34. The predicted molar refractivity (Wildman–Crippen MR) is 120 cm³/mol. The van der Waals surface area contributed by atoms with Gasteiger partial charge in [0.1, 0.15) is 5.75 Å². The highest BCUT2D eigenvalue weighted by Crippen LogP contribution is 2.36. The first kappa shape index (κ1) is 18.9. The van der Waals surface area contributed by atoms with E-state index in [1.165, 1.54) is 29.3 Å². The van der Waals surface area contributed by atoms with Gasteiger partial charge in [0.2, 0.25) is 0 Å². The van der Waals surface area contributed by atoms with Gasteiger partial charge < -0.3 is 4.74 Å². The first-order valence-electron chi connectivity index (χ1n) is 9.69. The molecule has 0 amide bonds. The number of methoxy groups -OCH3 is 1. The van der Waals surface area contributed by atoms with Crippen molar-refractivity contribution in [3.05, 3.63) is 94.5 Å². The molecule has 0 atom stereocenters. The molecule has 1 aliphatic heterocycles. The summed E-state index contributed by atoms with van der Waals surface area (Å²) < 4.78 is 5.34. The Morgan fingerprint density at radius 2 is 1.71 bits per heavy atom. The molecular formula is C25H23ClOSi. The molecule has 0 unspecified atom stereocenters. The lowest BCUT2D eigenvalue weighted by atomic mass is 10.1. The summed E-state index contributed by atoms with van der Waals surface area (Å²) in [4.78, 5) is 0. The third-order valence-corrected chi connectivity index (χ3v) is 11.2. The average molecular weight is 403 g/mol. The van der Waals surface area contributed by atoms with Crippen molar-refractivity contribution in [3.63, 3.8) is 0 Å². The van der Waals surface area contributed by atoms with Crippen molar-refractivity contribution in [2.24, 2.45) is 0 Å². The number of rotatable bonds is 4. The van der Waals surface area contributed by atoms with Crippen LogP contribution in [0, 0.1) is 11.8 Å². The molecule has 0 aromatic heterocycles. The lowest BCUT2D eigenvalue weighted by Gasteiger charge is -2.41. The summed E-state index contributed by atoms with van der Waals surface area (Å²) in [6, 6.07) is 29.0. The second-order valence-electron chi connectivity index (χ2n) is 7.46. The molecule has 0 aliphatic carbocycles. The van der Waals surface area contributed by atoms with Gasteiger partial charge in [-0.15, -0.1) is 0 Å². The predicted octanol–water partition coefficient (Wildman–Crippen LogP) is 5.59. The molecule has 0 spiro atoms. The Hall–Kier alpha value is -2.47. The summed E-state index contributed by atoms with van der Waals surface area (Å²) >= 11 is 6.09. The number of halogens is 1. The standard InChI is InChI=1S/C25H23ClOSi/c1-27-24-12-14-25(15-13-24)28(16-5-17-28)19-22-8-3-2-7-21(22)11-10-20-6-4-9-23(26)18-20/h2-4,6-9,12-15,18H,5,16-17,19H2,1H3. The third-order valence-electron chi connectivity index (χ3n) is 5.73. The van der Waals surface area contributed by atoms with E-state index in [4.69, 9.17) is 16.3 Å². The molecule has 0 N–H and O–H groups in total. The van der Waals surface area contributed by atoms with Crippen molar-refractivity contribution in [1.29, 1.82) is 0 Å². The molecule has 140 valence electrons. The minimum absolute atomic E-state index is 0.723. The Morgan fingerprint density at radius 3 is 2.39 bits per heavy atom. The first-order chi connectivity index (χ1) is 13.7. The van der Waals surface area contributed by atoms with E-state index in [-0.39, 0.29) is 0 Å². The molecule has 1 nitrogen and oxygen atoms in total. The van der Waals surface area contributed by atoms with Crippen LogP contribution in [-0.2, 0) is 6.04 Å². The van der Waals surface area contributed by atoms with Crippen LogP contribution in [0.5, 0.6) is 5.75 Å². The Balaban J connectivity index is 1.63. The van der Waals surface area contributed by atoms with Gasteiger partial charge in [0.05, 0.1) is 15.2 Å². The Bertz CT molecular complexity index is 1030. The second-order valence-corrected chi connectivity index (χ2v) is 12.4. The largest absolute Gasteiger partial charge is 0.497 e. The molecule has 4 rings (SSSR count). The van der Waals surface area contributed by atoms with Gasteiger partial charge in [-0.3, -0.25) is 0 Å². The minimum Gasteiger partial charge on any atom is -0.497 e. The van der Waals surface area contributed by atoms with Gasteiger partial charge in [-0.05, 0) is 48.0 Å². The van der Waals surface area contributed by atoms with E-state index in [9.17, 15) is 0 Å². The highest BCUT2D eigenvalue weighted by Gasteiger charge is 2.41. The highest BCUT2D eigenvalue weighted by molar-refractivity contribution is 6.93. The Morgan fingerprint density at radius 1 is 0.929 bits per heavy atom. The van der Waals surface area contributed by atoms with Crippen LogP contribution < -0.4 is 9.92 Å². The molecule has 1 saturated heterocycles. The molecule has 0 bridgehead atoms. The normalized spacial score (nSPS) is 14.5. The smallest absolute Gasteiger partial charge is 0.118 e. The summed E-state index contributed by atoms with van der Waals surface area (Å²) in [7, 11) is 0.234. The van der Waals surface area contributed by atoms with Gasteiger partial charge in [0, 0.05) is 16.1 Å². The SMILES string of the molecule is COc1ccc([Si]2(Cc3ccccc3C#Cc3cccc(Cl)c3)CCC2)cc1. The fourth-order valence-electron chi connectivity index (χ4n) is 3.98. The quantitative estimate of drug-likeness (QED) is 0.408. The highest BCUT2D eigenvalue weighted by atomic mass is 35.5. The minimum atomic E-state index is -1.49. The number of hydrogen-bond donors (Lipinski definition) is 0. The summed E-state index contributed by atoms with van der Waals surface area (Å²) in [5, 5.41) is 2.26. The van der Waals surface area contributed by atoms with Gasteiger partial charge in [-0.1, -0.05) is 83.5 Å². The lowest BCUT2D eigenvalue weighted by molar-refractivity contribution is 0.415. The zero-order valence-electron chi connectivity index (χ0n) is 16.0. The summed E-state index contributed by atoms with van der Waals surface area (Å²) in [5.74, 6) is 7.60. The number of hydrogen-bond acceptors (Lipinski definition) is 1. The molecule has 0 radical (unpaired) electrons. The first-order valence-corrected chi connectivity index (χ1v) is 12.7. The van der Waals surface area contributed by atoms with E-state index in [1.807, 2.05) is 24.3 Å². The van der Waals surface area contributed by atoms with E-state index in [2.05, 4.69) is 60.4 Å². The maximum absolute atomic E-state index is 6.09. The fourth-order valence-corrected chi connectivity index (χ4v) is 8.43. The van der Waals surface area contributed by atoms with E-state index in [0.717, 1.165) is 27.9 Å². The van der Waals surface area contributed by atoms with Crippen LogP contribution in [0.2, 0.25) is 17.1 Å². The van der Waals surface area contributed by atoms with Crippen LogP contribution in [0.1, 0.15) is 23.1 Å². The van der Waals surface area contributed by atoms with Crippen LogP contribution in [-0.4, -0.2) is 15.2 Å². The fraction of sp³-hybridized carbons (Fsp3) is 0.200. The van der Waals surface area contributed by atoms with E-state index in [1.54, 1.807) is 7.11 Å². The van der Waals surface area contributed by atoms with Crippen molar-refractivity contribution in [1.82, 2.24) is 0 Å². The maximum Gasteiger partial charge on any atom is 0.118 e. The zero-order valence-corrected chi connectivity index (χ0v) is 17.8. The van der Waals surface area contributed by atoms with Crippen LogP contribution >= 0.6 is 11.6 Å². The molecule has 1 fully saturated rings. The second kappa shape index (κ2) is 8.27. The Labute approximate surface area is 173 Å². The van der Waals surface area contributed by atoms with Crippen LogP contribution in [0.25, 0.3) is 0 Å². The molecule has 3 aromatic rings. The average Bonchev–Trinajstić information content (AvgIpc) is 2.70. The van der Waals surface area contributed by atoms with Crippen molar-refractivity contribution in [3.8, 4) is 17.6 Å². The lowest BCUT2D eigenvalue weighted by Crippen LogP contribution is -2.55. The molecule has 1 aliphatic rings. The van der Waals surface area contributed by atoms with Gasteiger partial charge in [-0.2, -0.15) is 0 Å². The van der Waals surface area contributed by atoms with Crippen molar-refractivity contribution in [2.75, 3.05) is 7.11 Å². The number of benzene rings is 3. The molecule has 28 heavy (non-hydrogen) atoms. The van der Waals surface area contributed by atoms with Gasteiger partial charge in [0.15, 0.2) is 0 Å². The molecule has 3 heteroatoms. The molecule has 0 saturated carbocycles. The van der Waals surface area contributed by atoms with Crippen molar-refractivity contribution < 1.29 is 4.74 Å². The van der Waals surface area contributed by atoms with Crippen LogP contribution in [0.3, 0.4) is 0 Å². The van der Waals surface area contributed by atoms with Crippen molar-refractivity contribution in [2.45, 2.75) is 24.6 Å². The van der Waals surface area contributed by atoms with Crippen molar-refractivity contribution >= 4 is 24.9 Å². The number of ether oxygens (including phenoxy) is 1.